The molecule has 0 radical (unpaired) electrons. The summed E-state index contributed by atoms with van der Waals surface area (Å²) >= 11 is 0. The van der Waals surface area contributed by atoms with Crippen LogP contribution in [0, 0.1) is 0 Å². The van der Waals surface area contributed by atoms with Crippen LogP contribution in [0.5, 0.6) is 0 Å². The Morgan fingerprint density at radius 3 is 2.21 bits per heavy atom. The molecular weight excluding hydrogens is 283 g/mol. The number of rotatable bonds is 5. The number of hydrogen-bond acceptors (Lipinski definition) is 4. The number of benzene rings is 1. The second-order valence-corrected chi connectivity index (χ2v) is 5.72. The Hall–Kier alpha value is -1.32. The third-order valence-corrected chi connectivity index (χ3v) is 3.83. The summed E-state index contributed by atoms with van der Waals surface area (Å²) in [6.07, 6.45) is -5.65. The summed E-state index contributed by atoms with van der Waals surface area (Å²) in [5.74, 6) is 5.12. The van der Waals surface area contributed by atoms with Gasteiger partial charge in [0.1, 0.15) is 0 Å². The third kappa shape index (κ3) is 5.05. The molecule has 0 amide bonds. The number of anilines is 1. The largest absolute Gasteiger partial charge is 0.390 e. The Balaban J connectivity index is 2.80. The van der Waals surface area contributed by atoms with Crippen molar-refractivity contribution in [1.82, 2.24) is 4.72 Å². The quantitative estimate of drug-likeness (QED) is 0.569. The van der Waals surface area contributed by atoms with Gasteiger partial charge in [0.15, 0.2) is 0 Å². The topological polar surface area (TPSA) is 84.2 Å². The molecule has 0 heterocycles. The van der Waals surface area contributed by atoms with E-state index in [1.54, 1.807) is 0 Å². The molecule has 1 atom stereocenters. The molecule has 0 bridgehead atoms. The number of hydrazine groups is 1. The summed E-state index contributed by atoms with van der Waals surface area (Å²) in [5, 5.41) is 0. The van der Waals surface area contributed by atoms with Crippen LogP contribution in [0.25, 0.3) is 0 Å². The van der Waals surface area contributed by atoms with Crippen LogP contribution in [-0.4, -0.2) is 20.6 Å². The maximum absolute atomic E-state index is 12.1. The van der Waals surface area contributed by atoms with Crippen molar-refractivity contribution in [3.63, 3.8) is 0 Å². The van der Waals surface area contributed by atoms with Crippen molar-refractivity contribution in [3.8, 4) is 0 Å². The molecule has 1 aromatic rings. The fourth-order valence-corrected chi connectivity index (χ4v) is 2.70. The Morgan fingerprint density at radius 1 is 1.26 bits per heavy atom. The maximum atomic E-state index is 12.1. The van der Waals surface area contributed by atoms with E-state index < -0.39 is 28.7 Å². The van der Waals surface area contributed by atoms with Gasteiger partial charge in [0.25, 0.3) is 0 Å². The minimum atomic E-state index is -4.42. The number of nitrogens with two attached hydrogens (primary N) is 1. The summed E-state index contributed by atoms with van der Waals surface area (Å²) in [5.41, 5.74) is 2.80. The van der Waals surface area contributed by atoms with Gasteiger partial charge in [0.05, 0.1) is 11.3 Å². The number of nitrogens with one attached hydrogen (secondary N) is 2. The van der Waals surface area contributed by atoms with Gasteiger partial charge in [0.2, 0.25) is 10.0 Å². The third-order valence-electron chi connectivity index (χ3n) is 2.23. The normalized spacial score (nSPS) is 14.2. The van der Waals surface area contributed by atoms with Crippen LogP contribution in [-0.2, 0) is 10.0 Å². The Bertz CT molecular complexity index is 514. The minimum Gasteiger partial charge on any atom is -0.324 e. The van der Waals surface area contributed by atoms with E-state index in [4.69, 9.17) is 5.84 Å². The van der Waals surface area contributed by atoms with E-state index in [9.17, 15) is 21.6 Å². The van der Waals surface area contributed by atoms with Crippen LogP contribution in [0.3, 0.4) is 0 Å². The van der Waals surface area contributed by atoms with Gasteiger partial charge in [-0.1, -0.05) is 0 Å². The SMILES string of the molecule is CC(CC(F)(F)F)NS(=O)(=O)c1ccc(NN)cc1. The molecule has 19 heavy (non-hydrogen) atoms. The van der Waals surface area contributed by atoms with Gasteiger partial charge in [-0.15, -0.1) is 0 Å². The molecule has 0 fully saturated rings. The Morgan fingerprint density at radius 2 is 1.79 bits per heavy atom. The van der Waals surface area contributed by atoms with Gasteiger partial charge in [-0.25, -0.2) is 13.1 Å². The summed E-state index contributed by atoms with van der Waals surface area (Å²) in [6, 6.07) is 4.07. The van der Waals surface area contributed by atoms with E-state index in [2.05, 4.69) is 5.43 Å². The summed E-state index contributed by atoms with van der Waals surface area (Å²) < 4.78 is 61.9. The molecule has 0 aliphatic rings. The molecule has 0 aromatic heterocycles. The van der Waals surface area contributed by atoms with Crippen LogP contribution in [0.1, 0.15) is 13.3 Å². The van der Waals surface area contributed by atoms with Crippen molar-refractivity contribution in [1.29, 1.82) is 0 Å². The monoisotopic (exact) mass is 297 g/mol. The van der Waals surface area contributed by atoms with Crippen molar-refractivity contribution >= 4 is 15.7 Å². The van der Waals surface area contributed by atoms with Gasteiger partial charge in [-0.2, -0.15) is 13.2 Å². The molecule has 108 valence electrons. The van der Waals surface area contributed by atoms with Crippen LogP contribution >= 0.6 is 0 Å². The molecule has 0 saturated heterocycles. The first-order chi connectivity index (χ1) is 8.64. The van der Waals surface area contributed by atoms with Crippen LogP contribution in [0.15, 0.2) is 29.2 Å². The van der Waals surface area contributed by atoms with E-state index in [-0.39, 0.29) is 4.90 Å². The maximum Gasteiger partial charge on any atom is 0.390 e. The molecule has 0 saturated carbocycles. The number of sulfonamides is 1. The molecular formula is C10H14F3N3O2S. The van der Waals surface area contributed by atoms with Gasteiger partial charge in [-0.05, 0) is 31.2 Å². The molecule has 0 spiro atoms. The van der Waals surface area contributed by atoms with Crippen molar-refractivity contribution in [2.24, 2.45) is 5.84 Å². The van der Waals surface area contributed by atoms with Gasteiger partial charge >= 0.3 is 6.18 Å². The lowest BCUT2D eigenvalue weighted by Crippen LogP contribution is -2.35. The Kier molecular flexibility index (Phi) is 4.77. The summed E-state index contributed by atoms with van der Waals surface area (Å²) in [7, 11) is -3.98. The smallest absolute Gasteiger partial charge is 0.324 e. The second-order valence-electron chi connectivity index (χ2n) is 4.01. The highest BCUT2D eigenvalue weighted by molar-refractivity contribution is 7.89. The fraction of sp³-hybridized carbons (Fsp3) is 0.400. The van der Waals surface area contributed by atoms with Crippen LogP contribution < -0.4 is 16.0 Å². The predicted molar refractivity (Wildman–Crippen MR) is 64.7 cm³/mol. The van der Waals surface area contributed by atoms with E-state index in [1.807, 2.05) is 4.72 Å². The van der Waals surface area contributed by atoms with Crippen molar-refractivity contribution in [2.45, 2.75) is 30.5 Å². The van der Waals surface area contributed by atoms with E-state index in [1.165, 1.54) is 24.3 Å². The highest BCUT2D eigenvalue weighted by atomic mass is 32.2. The molecule has 0 aliphatic carbocycles. The Labute approximate surface area is 109 Å². The molecule has 1 unspecified atom stereocenters. The van der Waals surface area contributed by atoms with Gasteiger partial charge in [0, 0.05) is 11.7 Å². The highest BCUT2D eigenvalue weighted by Crippen LogP contribution is 2.22. The zero-order chi connectivity index (χ0) is 14.7. The van der Waals surface area contributed by atoms with E-state index in [0.29, 0.717) is 5.69 Å². The average Bonchev–Trinajstić information content (AvgIpc) is 2.25. The molecule has 1 aromatic carbocycles. The van der Waals surface area contributed by atoms with E-state index in [0.717, 1.165) is 6.92 Å². The summed E-state index contributed by atoms with van der Waals surface area (Å²) in [4.78, 5) is -0.125. The predicted octanol–water partition coefficient (Wildman–Crippen LogP) is 1.59. The lowest BCUT2D eigenvalue weighted by molar-refractivity contribution is -0.137. The first kappa shape index (κ1) is 15.7. The van der Waals surface area contributed by atoms with Crippen molar-refractivity contribution in [3.05, 3.63) is 24.3 Å². The zero-order valence-corrected chi connectivity index (χ0v) is 10.8. The average molecular weight is 297 g/mol. The lowest BCUT2D eigenvalue weighted by Gasteiger charge is -2.16. The van der Waals surface area contributed by atoms with E-state index >= 15 is 0 Å². The standard InChI is InChI=1S/C10H14F3N3O2S/c1-7(6-10(11,12)13)16-19(17,18)9-4-2-8(15-14)3-5-9/h2-5,7,15-16H,6,14H2,1H3. The number of alkyl halides is 3. The fourth-order valence-electron chi connectivity index (χ4n) is 1.45. The van der Waals surface area contributed by atoms with Gasteiger partial charge in [-0.3, -0.25) is 5.84 Å². The number of hydrogen-bond donors (Lipinski definition) is 3. The summed E-state index contributed by atoms with van der Waals surface area (Å²) in [6.45, 7) is 1.15. The highest BCUT2D eigenvalue weighted by Gasteiger charge is 2.31. The number of halogens is 3. The molecule has 4 N–H and O–H groups in total. The zero-order valence-electron chi connectivity index (χ0n) is 10.0. The van der Waals surface area contributed by atoms with Crippen LogP contribution in [0.4, 0.5) is 18.9 Å². The second kappa shape index (κ2) is 5.76. The van der Waals surface area contributed by atoms with Gasteiger partial charge < -0.3 is 5.43 Å². The molecule has 9 heteroatoms. The van der Waals surface area contributed by atoms with Crippen molar-refractivity contribution in [2.75, 3.05) is 5.43 Å². The first-order valence-corrected chi connectivity index (χ1v) is 6.78. The molecule has 1 rings (SSSR count). The molecule has 0 aliphatic heterocycles. The lowest BCUT2D eigenvalue weighted by atomic mass is 10.2. The number of nitrogen functional groups attached to an aromatic ring is 1. The molecule has 5 nitrogen and oxygen atoms in total. The minimum absolute atomic E-state index is 0.125. The first-order valence-electron chi connectivity index (χ1n) is 5.30. The van der Waals surface area contributed by atoms with Crippen LogP contribution in [0.2, 0.25) is 0 Å². The van der Waals surface area contributed by atoms with Crippen molar-refractivity contribution < 1.29 is 21.6 Å².